The fourth-order valence-electron chi connectivity index (χ4n) is 2.74. The maximum absolute atomic E-state index is 11.6. The van der Waals surface area contributed by atoms with Gasteiger partial charge in [-0.3, -0.25) is 0 Å². The van der Waals surface area contributed by atoms with Crippen LogP contribution < -0.4 is 0 Å². The molecule has 1 aromatic heterocycles. The zero-order valence-corrected chi connectivity index (χ0v) is 13.0. The Hall–Kier alpha value is -0.780. The van der Waals surface area contributed by atoms with Crippen LogP contribution in [0.15, 0.2) is 18.2 Å². The quantitative estimate of drug-likeness (QED) is 0.812. The number of aromatic nitrogens is 2. The van der Waals surface area contributed by atoms with Crippen molar-refractivity contribution in [3.05, 3.63) is 29.0 Å². The number of alkyl halides is 1. The van der Waals surface area contributed by atoms with E-state index >= 15 is 0 Å². The fourth-order valence-corrected chi connectivity index (χ4v) is 5.01. The van der Waals surface area contributed by atoms with Crippen LogP contribution in [0.5, 0.6) is 0 Å². The molecule has 7 heteroatoms. The summed E-state index contributed by atoms with van der Waals surface area (Å²) in [6.45, 7) is 0.623. The van der Waals surface area contributed by atoms with E-state index in [1.54, 1.807) is 6.07 Å². The molecule has 0 bridgehead atoms. The Bertz CT molecular complexity index is 755. The number of imidazole rings is 1. The number of rotatable bonds is 3. The topological polar surface area (TPSA) is 52.0 Å². The van der Waals surface area contributed by atoms with E-state index in [1.165, 1.54) is 0 Å². The van der Waals surface area contributed by atoms with Crippen molar-refractivity contribution in [3.8, 4) is 0 Å². The molecule has 4 nitrogen and oxygen atoms in total. The Balaban J connectivity index is 2.00. The van der Waals surface area contributed by atoms with Crippen molar-refractivity contribution < 1.29 is 8.42 Å². The van der Waals surface area contributed by atoms with Gasteiger partial charge in [-0.15, -0.1) is 11.6 Å². The van der Waals surface area contributed by atoms with Crippen LogP contribution in [0.1, 0.15) is 12.2 Å². The molecule has 3 rings (SSSR count). The number of para-hydroxylation sites is 1. The first-order valence-corrected chi connectivity index (χ1v) is 9.13. The van der Waals surface area contributed by atoms with Gasteiger partial charge in [0.15, 0.2) is 9.84 Å². The van der Waals surface area contributed by atoms with Gasteiger partial charge in [0.1, 0.15) is 11.3 Å². The number of nitrogens with zero attached hydrogens (tertiary/aromatic N) is 2. The van der Waals surface area contributed by atoms with Gasteiger partial charge in [0, 0.05) is 6.54 Å². The zero-order chi connectivity index (χ0) is 14.3. The van der Waals surface area contributed by atoms with Gasteiger partial charge >= 0.3 is 0 Å². The van der Waals surface area contributed by atoms with Crippen LogP contribution in [0.2, 0.25) is 5.02 Å². The Kier molecular flexibility index (Phi) is 3.69. The van der Waals surface area contributed by atoms with Crippen LogP contribution in [0.25, 0.3) is 11.0 Å². The molecule has 2 heterocycles. The van der Waals surface area contributed by atoms with E-state index < -0.39 is 9.84 Å². The summed E-state index contributed by atoms with van der Waals surface area (Å²) in [6, 6.07) is 5.60. The maximum Gasteiger partial charge on any atom is 0.150 e. The molecular formula is C13H14Cl2N2O2S. The van der Waals surface area contributed by atoms with E-state index in [4.69, 9.17) is 23.2 Å². The number of hydrogen-bond acceptors (Lipinski definition) is 3. The highest BCUT2D eigenvalue weighted by Gasteiger charge is 2.29. The van der Waals surface area contributed by atoms with Gasteiger partial charge in [0.2, 0.25) is 0 Å². The van der Waals surface area contributed by atoms with Crippen molar-refractivity contribution in [3.63, 3.8) is 0 Å². The lowest BCUT2D eigenvalue weighted by Crippen LogP contribution is -2.14. The molecular weight excluding hydrogens is 319 g/mol. The molecule has 108 valence electrons. The molecule has 0 amide bonds. The number of sulfone groups is 1. The van der Waals surface area contributed by atoms with E-state index in [0.29, 0.717) is 18.0 Å². The molecule has 1 aliphatic heterocycles. The first-order valence-electron chi connectivity index (χ1n) is 6.40. The second-order valence-electron chi connectivity index (χ2n) is 5.15. The Morgan fingerprint density at radius 2 is 2.20 bits per heavy atom. The standard InChI is InChI=1S/C13H14Cl2N2O2S/c14-6-12-16-13-10(15)2-1-3-11(13)17(12)7-9-4-5-20(18,19)8-9/h1-3,9H,4-8H2. The van der Waals surface area contributed by atoms with Crippen molar-refractivity contribution in [1.82, 2.24) is 9.55 Å². The number of halogens is 2. The Morgan fingerprint density at radius 1 is 1.40 bits per heavy atom. The van der Waals surface area contributed by atoms with E-state index in [-0.39, 0.29) is 23.3 Å². The van der Waals surface area contributed by atoms with Gasteiger partial charge in [0.05, 0.1) is 27.9 Å². The Labute approximate surface area is 127 Å². The third kappa shape index (κ3) is 2.54. The van der Waals surface area contributed by atoms with Gasteiger partial charge in [0.25, 0.3) is 0 Å². The first kappa shape index (κ1) is 14.2. The minimum Gasteiger partial charge on any atom is -0.327 e. The Morgan fingerprint density at radius 3 is 2.85 bits per heavy atom. The van der Waals surface area contributed by atoms with E-state index in [0.717, 1.165) is 16.9 Å². The van der Waals surface area contributed by atoms with Crippen LogP contribution in [-0.2, 0) is 22.3 Å². The van der Waals surface area contributed by atoms with Gasteiger partial charge in [-0.25, -0.2) is 13.4 Å². The summed E-state index contributed by atoms with van der Waals surface area (Å²) in [5.74, 6) is 1.66. The summed E-state index contributed by atoms with van der Waals surface area (Å²) in [4.78, 5) is 4.46. The third-order valence-electron chi connectivity index (χ3n) is 3.70. The zero-order valence-electron chi connectivity index (χ0n) is 10.7. The monoisotopic (exact) mass is 332 g/mol. The van der Waals surface area contributed by atoms with E-state index in [2.05, 4.69) is 4.98 Å². The van der Waals surface area contributed by atoms with Gasteiger partial charge < -0.3 is 4.57 Å². The first-order chi connectivity index (χ1) is 9.50. The lowest BCUT2D eigenvalue weighted by Gasteiger charge is -2.12. The average Bonchev–Trinajstić information content (AvgIpc) is 2.92. The molecule has 1 unspecified atom stereocenters. The molecule has 20 heavy (non-hydrogen) atoms. The smallest absolute Gasteiger partial charge is 0.150 e. The van der Waals surface area contributed by atoms with Crippen LogP contribution in [-0.4, -0.2) is 29.5 Å². The average molecular weight is 333 g/mol. The van der Waals surface area contributed by atoms with Crippen molar-refractivity contribution in [2.24, 2.45) is 5.92 Å². The largest absolute Gasteiger partial charge is 0.327 e. The lowest BCUT2D eigenvalue weighted by molar-refractivity contribution is 0.490. The highest BCUT2D eigenvalue weighted by molar-refractivity contribution is 7.91. The van der Waals surface area contributed by atoms with Crippen molar-refractivity contribution in [2.45, 2.75) is 18.8 Å². The minimum absolute atomic E-state index is 0.123. The maximum atomic E-state index is 11.6. The second-order valence-corrected chi connectivity index (χ2v) is 8.05. The summed E-state index contributed by atoms with van der Waals surface area (Å²) in [7, 11) is -2.87. The molecule has 2 aromatic rings. The second kappa shape index (κ2) is 5.20. The van der Waals surface area contributed by atoms with Gasteiger partial charge in [-0.2, -0.15) is 0 Å². The molecule has 1 atom stereocenters. The molecule has 0 aliphatic carbocycles. The van der Waals surface area contributed by atoms with Gasteiger partial charge in [-0.1, -0.05) is 17.7 Å². The van der Waals surface area contributed by atoms with Crippen LogP contribution in [0.3, 0.4) is 0 Å². The molecule has 0 radical (unpaired) electrons. The van der Waals surface area contributed by atoms with Gasteiger partial charge in [-0.05, 0) is 24.5 Å². The molecule has 0 saturated carbocycles. The van der Waals surface area contributed by atoms with Crippen molar-refractivity contribution >= 4 is 44.1 Å². The molecule has 0 spiro atoms. The highest BCUT2D eigenvalue weighted by Crippen LogP contribution is 2.28. The SMILES string of the molecule is O=S1(=O)CCC(Cn2c(CCl)nc3c(Cl)cccc32)C1. The van der Waals surface area contributed by atoms with Crippen molar-refractivity contribution in [1.29, 1.82) is 0 Å². The summed E-state index contributed by atoms with van der Waals surface area (Å²) >= 11 is 12.1. The van der Waals surface area contributed by atoms with Crippen LogP contribution >= 0.6 is 23.2 Å². The van der Waals surface area contributed by atoms with E-state index in [1.807, 2.05) is 16.7 Å². The minimum atomic E-state index is -2.87. The summed E-state index contributed by atoms with van der Waals surface area (Å²) < 4.78 is 25.1. The molecule has 0 N–H and O–H groups in total. The summed E-state index contributed by atoms with van der Waals surface area (Å²) in [5, 5.41) is 0.590. The van der Waals surface area contributed by atoms with E-state index in [9.17, 15) is 8.42 Å². The number of hydrogen-bond donors (Lipinski definition) is 0. The number of benzene rings is 1. The molecule has 1 aliphatic rings. The lowest BCUT2D eigenvalue weighted by atomic mass is 10.1. The predicted octanol–water partition coefficient (Wildman–Crippen LogP) is 2.86. The normalized spacial score (nSPS) is 21.6. The molecule has 1 saturated heterocycles. The van der Waals surface area contributed by atoms with Crippen LogP contribution in [0.4, 0.5) is 0 Å². The molecule has 1 fully saturated rings. The molecule has 1 aromatic carbocycles. The fraction of sp³-hybridized carbons (Fsp3) is 0.462. The summed E-state index contributed by atoms with van der Waals surface area (Å²) in [6.07, 6.45) is 0.699. The van der Waals surface area contributed by atoms with Crippen LogP contribution in [0, 0.1) is 5.92 Å². The number of fused-ring (bicyclic) bond motifs is 1. The third-order valence-corrected chi connectivity index (χ3v) is 6.08. The summed E-state index contributed by atoms with van der Waals surface area (Å²) in [5.41, 5.74) is 1.64. The highest BCUT2D eigenvalue weighted by atomic mass is 35.5. The predicted molar refractivity (Wildman–Crippen MR) is 81.1 cm³/mol. The van der Waals surface area contributed by atoms with Crippen molar-refractivity contribution in [2.75, 3.05) is 11.5 Å².